The van der Waals surface area contributed by atoms with Crippen LogP contribution in [0.1, 0.15) is 18.3 Å². The van der Waals surface area contributed by atoms with E-state index in [1.165, 1.54) is 16.6 Å². The number of rotatable bonds is 2. The molecule has 0 aliphatic rings. The van der Waals surface area contributed by atoms with Crippen molar-refractivity contribution < 1.29 is 4.39 Å². The van der Waals surface area contributed by atoms with E-state index in [4.69, 9.17) is 11.6 Å². The lowest BCUT2D eigenvalue weighted by atomic mass is 10.0. The fourth-order valence-corrected chi connectivity index (χ4v) is 2.51. The molecule has 0 fully saturated rings. The molecule has 21 heavy (non-hydrogen) atoms. The Morgan fingerprint density at radius 2 is 2.00 bits per heavy atom. The van der Waals surface area contributed by atoms with Gasteiger partial charge in [0, 0.05) is 11.3 Å². The second-order valence-corrected chi connectivity index (χ2v) is 5.18. The summed E-state index contributed by atoms with van der Waals surface area (Å²) in [4.78, 5) is 16.6. The van der Waals surface area contributed by atoms with Crippen LogP contribution in [0.15, 0.2) is 29.1 Å². The molecule has 3 rings (SSSR count). The van der Waals surface area contributed by atoms with Crippen molar-refractivity contribution in [3.8, 4) is 11.1 Å². The minimum Gasteiger partial charge on any atom is -0.293 e. The summed E-state index contributed by atoms with van der Waals surface area (Å²) in [6.45, 7) is 3.66. The zero-order valence-electron chi connectivity index (χ0n) is 11.6. The number of halogens is 2. The van der Waals surface area contributed by atoms with Crippen molar-refractivity contribution in [3.63, 3.8) is 0 Å². The second-order valence-electron chi connectivity index (χ2n) is 4.80. The van der Waals surface area contributed by atoms with E-state index in [2.05, 4.69) is 10.1 Å². The topological polar surface area (TPSA) is 50.2 Å². The molecule has 0 amide bonds. The molecule has 2 aromatic heterocycles. The van der Waals surface area contributed by atoms with Gasteiger partial charge in [-0.25, -0.2) is 9.37 Å². The summed E-state index contributed by atoms with van der Waals surface area (Å²) >= 11 is 5.96. The number of aryl methyl sites for hydroxylation is 2. The highest BCUT2D eigenvalue weighted by molar-refractivity contribution is 6.31. The predicted molar refractivity (Wildman–Crippen MR) is 80.3 cm³/mol. The highest BCUT2D eigenvalue weighted by Gasteiger charge is 2.17. The van der Waals surface area contributed by atoms with Crippen molar-refractivity contribution in [1.82, 2.24) is 14.6 Å². The number of aromatic amines is 1. The molecule has 1 N–H and O–H groups in total. The van der Waals surface area contributed by atoms with Crippen LogP contribution >= 0.6 is 11.6 Å². The number of H-pyrrole nitrogens is 1. The lowest BCUT2D eigenvalue weighted by Gasteiger charge is -2.03. The number of fused-ring (bicyclic) bond motifs is 1. The lowest BCUT2D eigenvalue weighted by molar-refractivity contribution is 0.628. The Kier molecular flexibility index (Phi) is 3.29. The van der Waals surface area contributed by atoms with Crippen molar-refractivity contribution in [3.05, 3.63) is 56.8 Å². The Balaban J connectivity index is 2.40. The number of benzene rings is 1. The van der Waals surface area contributed by atoms with Crippen LogP contribution in [0.2, 0.25) is 5.02 Å². The van der Waals surface area contributed by atoms with Crippen LogP contribution in [0, 0.1) is 12.7 Å². The third-order valence-corrected chi connectivity index (χ3v) is 3.89. The van der Waals surface area contributed by atoms with E-state index in [0.29, 0.717) is 17.8 Å². The third kappa shape index (κ3) is 2.14. The van der Waals surface area contributed by atoms with Gasteiger partial charge in [-0.3, -0.25) is 9.89 Å². The van der Waals surface area contributed by atoms with E-state index >= 15 is 0 Å². The highest BCUT2D eigenvalue weighted by atomic mass is 35.5. The minimum atomic E-state index is -0.331. The molecule has 0 saturated carbocycles. The number of nitrogens with one attached hydrogen (secondary N) is 1. The summed E-state index contributed by atoms with van der Waals surface area (Å²) in [7, 11) is 0. The average molecular weight is 306 g/mol. The number of nitrogens with zero attached hydrogens (tertiary/aromatic N) is 2. The van der Waals surface area contributed by atoms with E-state index in [1.807, 2.05) is 6.92 Å². The largest absolute Gasteiger partial charge is 0.293 e. The van der Waals surface area contributed by atoms with Gasteiger partial charge in [0.2, 0.25) is 0 Å². The van der Waals surface area contributed by atoms with Crippen molar-refractivity contribution >= 4 is 17.2 Å². The maximum absolute atomic E-state index is 13.1. The molecule has 3 aromatic rings. The van der Waals surface area contributed by atoms with Crippen LogP contribution in [0.25, 0.3) is 16.8 Å². The van der Waals surface area contributed by atoms with Gasteiger partial charge in [-0.1, -0.05) is 30.7 Å². The molecule has 0 bridgehead atoms. The Morgan fingerprint density at radius 3 is 2.62 bits per heavy atom. The summed E-state index contributed by atoms with van der Waals surface area (Å²) < 4.78 is 14.4. The van der Waals surface area contributed by atoms with Gasteiger partial charge in [0.05, 0.1) is 5.69 Å². The molecular weight excluding hydrogens is 293 g/mol. The van der Waals surface area contributed by atoms with Gasteiger partial charge in [-0.05, 0) is 31.0 Å². The van der Waals surface area contributed by atoms with Gasteiger partial charge in [0.15, 0.2) is 5.65 Å². The molecule has 2 heterocycles. The molecular formula is C15H13ClFN3O. The molecule has 0 aliphatic carbocycles. The number of hydrogen-bond donors (Lipinski definition) is 1. The second kappa shape index (κ2) is 5.00. The first-order chi connectivity index (χ1) is 10.0. The SMILES string of the molecule is CCc1[nH]n2c(=O)c(Cl)c(C)nc2c1-c1ccc(F)cc1. The number of hydrogen-bond acceptors (Lipinski definition) is 2. The number of aromatic nitrogens is 3. The van der Waals surface area contributed by atoms with Crippen LogP contribution in [-0.2, 0) is 6.42 Å². The lowest BCUT2D eigenvalue weighted by Crippen LogP contribution is -2.17. The maximum atomic E-state index is 13.1. The van der Waals surface area contributed by atoms with Gasteiger partial charge >= 0.3 is 0 Å². The Morgan fingerprint density at radius 1 is 1.33 bits per heavy atom. The summed E-state index contributed by atoms with van der Waals surface area (Å²) in [5.41, 5.74) is 3.11. The molecule has 4 nitrogen and oxygen atoms in total. The first-order valence-electron chi connectivity index (χ1n) is 6.58. The Bertz CT molecular complexity index is 881. The van der Waals surface area contributed by atoms with Crippen molar-refractivity contribution in [2.45, 2.75) is 20.3 Å². The van der Waals surface area contributed by atoms with Crippen LogP contribution in [0.4, 0.5) is 4.39 Å². The molecule has 0 aliphatic heterocycles. The minimum absolute atomic E-state index is 0.0991. The average Bonchev–Trinajstić information content (AvgIpc) is 2.84. The first kappa shape index (κ1) is 13.8. The zero-order valence-corrected chi connectivity index (χ0v) is 12.3. The summed E-state index contributed by atoms with van der Waals surface area (Å²) in [6.07, 6.45) is 0.687. The van der Waals surface area contributed by atoms with Crippen molar-refractivity contribution in [2.75, 3.05) is 0 Å². The Hall–Kier alpha value is -2.14. The van der Waals surface area contributed by atoms with Gasteiger partial charge in [-0.2, -0.15) is 4.52 Å². The third-order valence-electron chi connectivity index (χ3n) is 3.45. The normalized spacial score (nSPS) is 11.2. The summed E-state index contributed by atoms with van der Waals surface area (Å²) in [6, 6.07) is 6.12. The van der Waals surface area contributed by atoms with Crippen LogP contribution in [0.5, 0.6) is 0 Å². The molecule has 0 atom stereocenters. The summed E-state index contributed by atoms with van der Waals surface area (Å²) in [5.74, 6) is -0.305. The van der Waals surface area contributed by atoms with Gasteiger partial charge in [0.25, 0.3) is 5.56 Å². The van der Waals surface area contributed by atoms with Crippen molar-refractivity contribution in [1.29, 1.82) is 0 Å². The van der Waals surface area contributed by atoms with E-state index in [1.54, 1.807) is 19.1 Å². The fraction of sp³-hybridized carbons (Fsp3) is 0.200. The molecule has 1 aromatic carbocycles. The van der Waals surface area contributed by atoms with Gasteiger partial charge in [-0.15, -0.1) is 0 Å². The molecule has 0 saturated heterocycles. The first-order valence-corrected chi connectivity index (χ1v) is 6.96. The molecule has 0 radical (unpaired) electrons. The fourth-order valence-electron chi connectivity index (χ4n) is 2.38. The van der Waals surface area contributed by atoms with Crippen LogP contribution < -0.4 is 5.56 Å². The molecule has 0 spiro atoms. The van der Waals surface area contributed by atoms with E-state index in [9.17, 15) is 9.18 Å². The predicted octanol–water partition coefficient (Wildman–Crippen LogP) is 3.35. The molecule has 6 heteroatoms. The quantitative estimate of drug-likeness (QED) is 0.789. The maximum Gasteiger partial charge on any atom is 0.291 e. The van der Waals surface area contributed by atoms with E-state index in [0.717, 1.165) is 16.8 Å². The van der Waals surface area contributed by atoms with E-state index < -0.39 is 0 Å². The van der Waals surface area contributed by atoms with Crippen LogP contribution in [-0.4, -0.2) is 14.6 Å². The standard InChI is InChI=1S/C15H13ClFN3O/c1-3-11-12(9-4-6-10(17)7-5-9)14-18-8(2)13(16)15(21)20(14)19-11/h4-7,19H,3H2,1-2H3. The highest BCUT2D eigenvalue weighted by Crippen LogP contribution is 2.28. The smallest absolute Gasteiger partial charge is 0.291 e. The Labute approximate surface area is 125 Å². The van der Waals surface area contributed by atoms with Gasteiger partial charge in [0.1, 0.15) is 10.8 Å². The molecule has 0 unspecified atom stereocenters. The van der Waals surface area contributed by atoms with E-state index in [-0.39, 0.29) is 16.4 Å². The van der Waals surface area contributed by atoms with Crippen molar-refractivity contribution in [2.24, 2.45) is 0 Å². The monoisotopic (exact) mass is 305 g/mol. The summed E-state index contributed by atoms with van der Waals surface area (Å²) in [5, 5.41) is 3.13. The van der Waals surface area contributed by atoms with Gasteiger partial charge < -0.3 is 0 Å². The molecule has 108 valence electrons. The zero-order chi connectivity index (χ0) is 15.1. The van der Waals surface area contributed by atoms with Crippen LogP contribution in [0.3, 0.4) is 0 Å².